The van der Waals surface area contributed by atoms with Gasteiger partial charge in [0.15, 0.2) is 0 Å². The minimum atomic E-state index is -4.06. The largest absolute Gasteiger partial charge is 0.493 e. The van der Waals surface area contributed by atoms with Crippen molar-refractivity contribution in [2.24, 2.45) is 11.1 Å². The van der Waals surface area contributed by atoms with Crippen molar-refractivity contribution >= 4 is 27.5 Å². The molecule has 156 valence electrons. The number of nitrogens with two attached hydrogens (primary N) is 1. The smallest absolute Gasteiger partial charge is 0.246 e. The van der Waals surface area contributed by atoms with Gasteiger partial charge >= 0.3 is 0 Å². The van der Waals surface area contributed by atoms with Crippen LogP contribution in [0.1, 0.15) is 19.3 Å². The van der Waals surface area contributed by atoms with E-state index in [1.165, 1.54) is 22.5 Å². The molecule has 3 rings (SSSR count). The molecular formula is C20H22ClFN2O4S. The number of benzene rings is 2. The second kappa shape index (κ2) is 8.69. The molecule has 6 nitrogen and oxygen atoms in total. The molecule has 0 bridgehead atoms. The molecule has 1 heterocycles. The molecule has 0 radical (unpaired) electrons. The fraction of sp³-hybridized carbons (Fsp3) is 0.350. The molecule has 0 spiro atoms. The number of carbonyl (C=O) groups excluding carboxylic acids is 1. The predicted molar refractivity (Wildman–Crippen MR) is 108 cm³/mol. The molecule has 2 N–H and O–H groups in total. The summed E-state index contributed by atoms with van der Waals surface area (Å²) in [5, 5.41) is 0.499. The van der Waals surface area contributed by atoms with Crippen LogP contribution in [0.2, 0.25) is 5.02 Å². The molecule has 0 saturated carbocycles. The number of amides is 1. The summed E-state index contributed by atoms with van der Waals surface area (Å²) in [6, 6.07) is 12.0. The predicted octanol–water partition coefficient (Wildman–Crippen LogP) is 3.20. The molecule has 1 aliphatic heterocycles. The molecular weight excluding hydrogens is 419 g/mol. The van der Waals surface area contributed by atoms with E-state index in [4.69, 9.17) is 22.1 Å². The van der Waals surface area contributed by atoms with E-state index < -0.39 is 27.2 Å². The fourth-order valence-corrected chi connectivity index (χ4v) is 5.47. The first-order valence-corrected chi connectivity index (χ1v) is 11.0. The van der Waals surface area contributed by atoms with Crippen LogP contribution in [0.4, 0.5) is 4.39 Å². The van der Waals surface area contributed by atoms with Crippen LogP contribution in [-0.4, -0.2) is 38.3 Å². The highest BCUT2D eigenvalue weighted by Gasteiger charge is 2.42. The Labute approximate surface area is 174 Å². The molecule has 0 aliphatic carbocycles. The Bertz CT molecular complexity index is 1000. The quantitative estimate of drug-likeness (QED) is 0.715. The highest BCUT2D eigenvalue weighted by atomic mass is 35.5. The summed E-state index contributed by atoms with van der Waals surface area (Å²) in [6.45, 7) is 0.321. The van der Waals surface area contributed by atoms with Crippen molar-refractivity contribution in [2.75, 3.05) is 19.7 Å². The Morgan fingerprint density at radius 3 is 2.69 bits per heavy atom. The van der Waals surface area contributed by atoms with Crippen LogP contribution in [-0.2, 0) is 14.8 Å². The molecule has 1 amide bonds. The van der Waals surface area contributed by atoms with E-state index in [2.05, 4.69) is 0 Å². The fourth-order valence-electron chi connectivity index (χ4n) is 3.64. The van der Waals surface area contributed by atoms with Crippen LogP contribution in [0, 0.1) is 11.2 Å². The molecule has 1 aliphatic rings. The lowest BCUT2D eigenvalue weighted by Gasteiger charge is -2.41. The van der Waals surface area contributed by atoms with Gasteiger partial charge in [-0.3, -0.25) is 4.79 Å². The maximum Gasteiger partial charge on any atom is 0.246 e. The van der Waals surface area contributed by atoms with Gasteiger partial charge in [0.05, 0.1) is 6.61 Å². The Kier molecular flexibility index (Phi) is 6.45. The number of primary amides is 1. The highest BCUT2D eigenvalue weighted by molar-refractivity contribution is 7.89. The van der Waals surface area contributed by atoms with Gasteiger partial charge in [-0.2, -0.15) is 4.31 Å². The first-order chi connectivity index (χ1) is 13.7. The SMILES string of the molecule is NC(=O)CC1(COc2cccc(Cl)c2)CCCN(S(=O)(=O)c2ccccc2F)C1. The van der Waals surface area contributed by atoms with Gasteiger partial charge in [-0.1, -0.05) is 29.8 Å². The lowest BCUT2D eigenvalue weighted by Crippen LogP contribution is -2.50. The van der Waals surface area contributed by atoms with E-state index in [1.54, 1.807) is 24.3 Å². The maximum atomic E-state index is 14.1. The van der Waals surface area contributed by atoms with Crippen LogP contribution in [0.15, 0.2) is 53.4 Å². The number of nitrogens with zero attached hydrogens (tertiary/aromatic N) is 1. The maximum absolute atomic E-state index is 14.1. The minimum Gasteiger partial charge on any atom is -0.493 e. The number of hydrogen-bond acceptors (Lipinski definition) is 4. The molecule has 2 aromatic rings. The Balaban J connectivity index is 1.85. The van der Waals surface area contributed by atoms with Crippen molar-refractivity contribution in [1.29, 1.82) is 0 Å². The number of halogens is 2. The molecule has 0 aromatic heterocycles. The van der Waals surface area contributed by atoms with Crippen LogP contribution >= 0.6 is 11.6 Å². The Hall–Kier alpha value is -2.16. The third-order valence-corrected chi connectivity index (χ3v) is 7.08. The van der Waals surface area contributed by atoms with Gasteiger partial charge in [-0.05, 0) is 43.2 Å². The molecule has 9 heteroatoms. The van der Waals surface area contributed by atoms with E-state index in [9.17, 15) is 17.6 Å². The Morgan fingerprint density at radius 1 is 1.24 bits per heavy atom. The third-order valence-electron chi connectivity index (χ3n) is 4.97. The first-order valence-electron chi connectivity index (χ1n) is 9.13. The normalized spacial score (nSPS) is 20.3. The topological polar surface area (TPSA) is 89.7 Å². The van der Waals surface area contributed by atoms with Gasteiger partial charge < -0.3 is 10.5 Å². The van der Waals surface area contributed by atoms with E-state index in [-0.39, 0.29) is 31.0 Å². The van der Waals surface area contributed by atoms with Gasteiger partial charge in [0.25, 0.3) is 0 Å². The van der Waals surface area contributed by atoms with Gasteiger partial charge in [-0.25, -0.2) is 12.8 Å². The highest BCUT2D eigenvalue weighted by Crippen LogP contribution is 2.37. The Morgan fingerprint density at radius 2 is 2.00 bits per heavy atom. The second-order valence-electron chi connectivity index (χ2n) is 7.26. The van der Waals surface area contributed by atoms with Crippen molar-refractivity contribution in [3.8, 4) is 5.75 Å². The van der Waals surface area contributed by atoms with Crippen LogP contribution in [0.5, 0.6) is 5.75 Å². The van der Waals surface area contributed by atoms with Crippen molar-refractivity contribution in [1.82, 2.24) is 4.31 Å². The van der Waals surface area contributed by atoms with E-state index >= 15 is 0 Å². The van der Waals surface area contributed by atoms with E-state index in [1.807, 2.05) is 0 Å². The lowest BCUT2D eigenvalue weighted by molar-refractivity contribution is -0.121. The standard InChI is InChI=1S/C20H22ClFN2O4S/c21-15-5-3-6-16(11-15)28-14-20(12-19(23)25)9-4-10-24(13-20)29(26,27)18-8-2-1-7-17(18)22/h1-3,5-8,11H,4,9-10,12-14H2,(H2,23,25). The summed E-state index contributed by atoms with van der Waals surface area (Å²) < 4.78 is 47.2. The molecule has 1 saturated heterocycles. The zero-order valence-electron chi connectivity index (χ0n) is 15.7. The number of rotatable bonds is 7. The lowest BCUT2D eigenvalue weighted by atomic mass is 9.78. The summed E-state index contributed by atoms with van der Waals surface area (Å²) in [6.07, 6.45) is 1.01. The number of piperidine rings is 1. The summed E-state index contributed by atoms with van der Waals surface area (Å²) in [5.41, 5.74) is 4.63. The van der Waals surface area contributed by atoms with Crippen LogP contribution < -0.4 is 10.5 Å². The molecule has 1 unspecified atom stereocenters. The van der Waals surface area contributed by atoms with Gasteiger partial charge in [0.2, 0.25) is 15.9 Å². The summed E-state index contributed by atoms with van der Waals surface area (Å²) in [7, 11) is -4.06. The zero-order valence-corrected chi connectivity index (χ0v) is 17.3. The van der Waals surface area contributed by atoms with Gasteiger partial charge in [0, 0.05) is 29.9 Å². The molecule has 29 heavy (non-hydrogen) atoms. The van der Waals surface area contributed by atoms with Crippen molar-refractivity contribution in [3.63, 3.8) is 0 Å². The number of sulfonamides is 1. The number of ether oxygens (including phenoxy) is 1. The van der Waals surface area contributed by atoms with Crippen molar-refractivity contribution in [2.45, 2.75) is 24.2 Å². The van der Waals surface area contributed by atoms with E-state index in [0.29, 0.717) is 23.6 Å². The first kappa shape index (κ1) is 21.5. The number of hydrogen-bond donors (Lipinski definition) is 1. The minimum absolute atomic E-state index is 0.00712. The van der Waals surface area contributed by atoms with Crippen molar-refractivity contribution in [3.05, 3.63) is 59.4 Å². The van der Waals surface area contributed by atoms with Gasteiger partial charge in [0.1, 0.15) is 16.5 Å². The van der Waals surface area contributed by atoms with Crippen LogP contribution in [0.3, 0.4) is 0 Å². The summed E-state index contributed by atoms with van der Waals surface area (Å²) in [5.74, 6) is -0.853. The van der Waals surface area contributed by atoms with Gasteiger partial charge in [-0.15, -0.1) is 0 Å². The summed E-state index contributed by atoms with van der Waals surface area (Å²) in [4.78, 5) is 11.4. The van der Waals surface area contributed by atoms with Crippen molar-refractivity contribution < 1.29 is 22.3 Å². The third kappa shape index (κ3) is 5.07. The monoisotopic (exact) mass is 440 g/mol. The summed E-state index contributed by atoms with van der Waals surface area (Å²) >= 11 is 5.97. The molecule has 1 atom stereocenters. The number of carbonyl (C=O) groups is 1. The second-order valence-corrected chi connectivity index (χ2v) is 9.60. The average Bonchev–Trinajstić information content (AvgIpc) is 2.66. The average molecular weight is 441 g/mol. The zero-order chi connectivity index (χ0) is 21.1. The van der Waals surface area contributed by atoms with E-state index in [0.717, 1.165) is 6.07 Å². The molecule has 2 aromatic carbocycles. The van der Waals surface area contributed by atoms with Crippen LogP contribution in [0.25, 0.3) is 0 Å². The molecule has 1 fully saturated rings.